The number of aliphatic hydroxyl groups is 1. The predicted molar refractivity (Wildman–Crippen MR) is 62.7 cm³/mol. The van der Waals surface area contributed by atoms with Gasteiger partial charge in [-0.3, -0.25) is 0 Å². The molecule has 2 heterocycles. The summed E-state index contributed by atoms with van der Waals surface area (Å²) >= 11 is 0. The molecule has 88 valence electrons. The second-order valence-corrected chi connectivity index (χ2v) is 5.60. The molecule has 2 nitrogen and oxygen atoms in total. The van der Waals surface area contributed by atoms with E-state index in [1.54, 1.807) is 0 Å². The molecule has 2 rings (SSSR count). The van der Waals surface area contributed by atoms with Crippen LogP contribution in [0.1, 0.15) is 39.5 Å². The monoisotopic (exact) mass is 211 g/mol. The summed E-state index contributed by atoms with van der Waals surface area (Å²) in [5, 5.41) is 9.62. The summed E-state index contributed by atoms with van der Waals surface area (Å²) in [6.07, 6.45) is 5.22. The Morgan fingerprint density at radius 2 is 2.13 bits per heavy atom. The molecular formula is C13H25NO. The van der Waals surface area contributed by atoms with Gasteiger partial charge in [0, 0.05) is 24.6 Å². The average Bonchev–Trinajstić information content (AvgIpc) is 2.52. The van der Waals surface area contributed by atoms with Crippen molar-refractivity contribution >= 4 is 0 Å². The Morgan fingerprint density at radius 3 is 2.73 bits per heavy atom. The van der Waals surface area contributed by atoms with Gasteiger partial charge in [-0.15, -0.1) is 0 Å². The third-order valence-corrected chi connectivity index (χ3v) is 5.07. The van der Waals surface area contributed by atoms with E-state index in [2.05, 4.69) is 25.8 Å². The molecule has 15 heavy (non-hydrogen) atoms. The normalized spacial score (nSPS) is 43.2. The highest BCUT2D eigenvalue weighted by atomic mass is 16.3. The van der Waals surface area contributed by atoms with E-state index in [-0.39, 0.29) is 0 Å². The maximum atomic E-state index is 9.62. The van der Waals surface area contributed by atoms with Crippen LogP contribution in [0.3, 0.4) is 0 Å². The molecular weight excluding hydrogens is 186 g/mol. The number of fused-ring (bicyclic) bond motifs is 2. The number of aliphatic hydroxyl groups excluding tert-OH is 1. The number of hydrogen-bond donors (Lipinski definition) is 1. The van der Waals surface area contributed by atoms with E-state index in [0.717, 1.165) is 17.9 Å². The molecule has 0 aromatic heterocycles. The first-order valence-electron chi connectivity index (χ1n) is 6.51. The van der Waals surface area contributed by atoms with Gasteiger partial charge in [-0.2, -0.15) is 0 Å². The first-order chi connectivity index (χ1) is 7.19. The fourth-order valence-electron chi connectivity index (χ4n) is 3.83. The van der Waals surface area contributed by atoms with E-state index < -0.39 is 0 Å². The Labute approximate surface area is 93.7 Å². The van der Waals surface area contributed by atoms with Gasteiger partial charge in [-0.1, -0.05) is 20.3 Å². The van der Waals surface area contributed by atoms with Crippen molar-refractivity contribution in [1.29, 1.82) is 0 Å². The summed E-state index contributed by atoms with van der Waals surface area (Å²) in [5.74, 6) is 2.07. The van der Waals surface area contributed by atoms with Crippen LogP contribution in [0.25, 0.3) is 0 Å². The van der Waals surface area contributed by atoms with E-state index in [1.807, 2.05) is 0 Å². The number of piperidine rings is 1. The molecule has 1 N–H and O–H groups in total. The molecule has 2 bridgehead atoms. The molecule has 0 radical (unpaired) electrons. The Bertz CT molecular complexity index is 219. The van der Waals surface area contributed by atoms with E-state index in [4.69, 9.17) is 0 Å². The van der Waals surface area contributed by atoms with Crippen molar-refractivity contribution in [2.45, 2.75) is 51.6 Å². The topological polar surface area (TPSA) is 23.5 Å². The van der Waals surface area contributed by atoms with Crippen LogP contribution in [0.15, 0.2) is 0 Å². The van der Waals surface area contributed by atoms with Crippen molar-refractivity contribution in [2.75, 3.05) is 13.7 Å². The fourth-order valence-corrected chi connectivity index (χ4v) is 3.83. The van der Waals surface area contributed by atoms with Crippen molar-refractivity contribution in [3.05, 3.63) is 0 Å². The molecule has 0 amide bonds. The third kappa shape index (κ3) is 1.83. The van der Waals surface area contributed by atoms with Crippen LogP contribution in [0, 0.1) is 17.8 Å². The highest BCUT2D eigenvalue weighted by Crippen LogP contribution is 2.44. The Hall–Kier alpha value is -0.0800. The van der Waals surface area contributed by atoms with Crippen LogP contribution in [0.5, 0.6) is 0 Å². The van der Waals surface area contributed by atoms with Gasteiger partial charge in [0.1, 0.15) is 0 Å². The van der Waals surface area contributed by atoms with Crippen molar-refractivity contribution in [3.8, 4) is 0 Å². The Balaban J connectivity index is 2.13. The number of nitrogens with zero attached hydrogens (tertiary/aromatic N) is 1. The van der Waals surface area contributed by atoms with Gasteiger partial charge in [0.25, 0.3) is 0 Å². The molecule has 2 heteroatoms. The van der Waals surface area contributed by atoms with Crippen molar-refractivity contribution in [3.63, 3.8) is 0 Å². The van der Waals surface area contributed by atoms with Gasteiger partial charge in [0.15, 0.2) is 0 Å². The molecule has 0 aromatic carbocycles. The van der Waals surface area contributed by atoms with Gasteiger partial charge in [-0.25, -0.2) is 0 Å². The van der Waals surface area contributed by atoms with E-state index >= 15 is 0 Å². The minimum absolute atomic E-state index is 0.386. The van der Waals surface area contributed by atoms with Crippen LogP contribution >= 0.6 is 0 Å². The van der Waals surface area contributed by atoms with Gasteiger partial charge < -0.3 is 10.0 Å². The molecule has 0 aromatic rings. The second kappa shape index (κ2) is 4.42. The smallest absolute Gasteiger partial charge is 0.0477 e. The van der Waals surface area contributed by atoms with Gasteiger partial charge >= 0.3 is 0 Å². The number of hydrogen-bond acceptors (Lipinski definition) is 2. The lowest BCUT2D eigenvalue weighted by Gasteiger charge is -2.44. The fraction of sp³-hybridized carbons (Fsp3) is 1.00. The zero-order valence-electron chi connectivity index (χ0n) is 10.3. The molecule has 0 saturated carbocycles. The molecule has 3 unspecified atom stereocenters. The quantitative estimate of drug-likeness (QED) is 0.773. The second-order valence-electron chi connectivity index (χ2n) is 5.60. The highest BCUT2D eigenvalue weighted by molar-refractivity contribution is 4.99. The van der Waals surface area contributed by atoms with Gasteiger partial charge in [0.05, 0.1) is 0 Å². The molecule has 2 saturated heterocycles. The summed E-state index contributed by atoms with van der Waals surface area (Å²) in [7, 11) is 2.25. The predicted octanol–water partition coefficient (Wildman–Crippen LogP) is 2.12. The summed E-state index contributed by atoms with van der Waals surface area (Å²) < 4.78 is 0. The summed E-state index contributed by atoms with van der Waals surface area (Å²) in [6, 6.07) is 1.46. The maximum Gasteiger partial charge on any atom is 0.0477 e. The molecule has 0 aliphatic carbocycles. The zero-order chi connectivity index (χ0) is 11.0. The van der Waals surface area contributed by atoms with E-state index in [9.17, 15) is 5.11 Å². The van der Waals surface area contributed by atoms with Crippen LogP contribution in [0.2, 0.25) is 0 Å². The lowest BCUT2D eigenvalue weighted by molar-refractivity contribution is 0.00803. The molecule has 5 atom stereocenters. The first-order valence-corrected chi connectivity index (χ1v) is 6.51. The highest BCUT2D eigenvalue weighted by Gasteiger charge is 2.46. The third-order valence-electron chi connectivity index (χ3n) is 5.07. The summed E-state index contributed by atoms with van der Waals surface area (Å²) in [4.78, 5) is 2.53. The minimum Gasteiger partial charge on any atom is -0.396 e. The standard InChI is InChI=1S/C13H25NO/c1-4-9(2)11-7-10-5-6-13(14(10)3)12(11)8-15/h9-13,15H,4-8H2,1-3H3/t9?,10?,11-,12-,13?/m1/s1. The zero-order valence-corrected chi connectivity index (χ0v) is 10.3. The lowest BCUT2D eigenvalue weighted by atomic mass is 9.73. The first kappa shape index (κ1) is 11.4. The lowest BCUT2D eigenvalue weighted by Crippen LogP contribution is -2.49. The molecule has 0 spiro atoms. The average molecular weight is 211 g/mol. The molecule has 2 aliphatic rings. The number of rotatable bonds is 3. The Kier molecular flexibility index (Phi) is 3.36. The summed E-state index contributed by atoms with van der Waals surface area (Å²) in [5.41, 5.74) is 0. The van der Waals surface area contributed by atoms with E-state index in [1.165, 1.54) is 25.7 Å². The van der Waals surface area contributed by atoms with Crippen LogP contribution in [0.4, 0.5) is 0 Å². The maximum absolute atomic E-state index is 9.62. The van der Waals surface area contributed by atoms with Gasteiger partial charge in [0.2, 0.25) is 0 Å². The van der Waals surface area contributed by atoms with Crippen molar-refractivity contribution in [2.24, 2.45) is 17.8 Å². The van der Waals surface area contributed by atoms with Crippen LogP contribution in [-0.4, -0.2) is 35.7 Å². The van der Waals surface area contributed by atoms with E-state index in [0.29, 0.717) is 18.6 Å². The Morgan fingerprint density at radius 1 is 1.40 bits per heavy atom. The summed E-state index contributed by atoms with van der Waals surface area (Å²) in [6.45, 7) is 5.02. The van der Waals surface area contributed by atoms with Crippen molar-refractivity contribution < 1.29 is 5.11 Å². The van der Waals surface area contributed by atoms with Crippen LogP contribution < -0.4 is 0 Å². The SMILES string of the molecule is CCC(C)[C@H]1CC2CCC([C@@H]1CO)N2C. The minimum atomic E-state index is 0.386. The van der Waals surface area contributed by atoms with Crippen molar-refractivity contribution in [1.82, 2.24) is 4.90 Å². The van der Waals surface area contributed by atoms with Gasteiger partial charge in [-0.05, 0) is 38.1 Å². The van der Waals surface area contributed by atoms with Crippen LogP contribution in [-0.2, 0) is 0 Å². The molecule has 2 aliphatic heterocycles. The molecule has 2 fully saturated rings. The largest absolute Gasteiger partial charge is 0.396 e.